The van der Waals surface area contributed by atoms with Crippen LogP contribution in [0.25, 0.3) is 0 Å². The Balaban J connectivity index is 1.99. The minimum atomic E-state index is -1.03. The van der Waals surface area contributed by atoms with Crippen molar-refractivity contribution in [1.29, 1.82) is 0 Å². The van der Waals surface area contributed by atoms with Crippen LogP contribution in [0, 0.1) is 19.3 Å². The Bertz CT molecular complexity index is 610. The average molecular weight is 277 g/mol. The Morgan fingerprint density at radius 3 is 2.45 bits per heavy atom. The second kappa shape index (κ2) is 3.91. The summed E-state index contributed by atoms with van der Waals surface area (Å²) in [6, 6.07) is -1.19. The first-order valence-corrected chi connectivity index (χ1v) is 6.50. The summed E-state index contributed by atoms with van der Waals surface area (Å²) < 4.78 is 5.08. The number of imide groups is 2. The first-order chi connectivity index (χ1) is 9.38. The van der Waals surface area contributed by atoms with Crippen molar-refractivity contribution in [2.45, 2.75) is 39.7 Å². The van der Waals surface area contributed by atoms with E-state index >= 15 is 0 Å². The van der Waals surface area contributed by atoms with Crippen molar-refractivity contribution in [3.63, 3.8) is 0 Å². The van der Waals surface area contributed by atoms with Crippen molar-refractivity contribution in [3.05, 3.63) is 17.0 Å². The van der Waals surface area contributed by atoms with Crippen molar-refractivity contribution in [1.82, 2.24) is 15.4 Å². The molecule has 0 aromatic carbocycles. The van der Waals surface area contributed by atoms with Crippen LogP contribution in [0.2, 0.25) is 0 Å². The minimum absolute atomic E-state index is 0.418. The molecule has 20 heavy (non-hydrogen) atoms. The third kappa shape index (κ3) is 1.52. The molecule has 1 spiro atoms. The van der Waals surface area contributed by atoms with Gasteiger partial charge >= 0.3 is 6.03 Å². The van der Waals surface area contributed by atoms with Gasteiger partial charge in [0.2, 0.25) is 11.8 Å². The van der Waals surface area contributed by atoms with Crippen LogP contribution < -0.4 is 5.32 Å². The second-order valence-corrected chi connectivity index (χ2v) is 5.43. The highest BCUT2D eigenvalue weighted by Gasteiger charge is 2.63. The fourth-order valence-corrected chi connectivity index (χ4v) is 2.83. The maximum atomic E-state index is 12.5. The summed E-state index contributed by atoms with van der Waals surface area (Å²) in [5.41, 5.74) is 0.317. The number of nitrogens with zero attached hydrogens (tertiary/aromatic N) is 2. The standard InChI is InChI=1S/C13H15N3O4/c1-6-9(8(3)20-15-6)7(2)16-11(18)13(4-5-13)10(17)14-12(16)19/h7H,4-5H2,1-3H3,(H,14,17,19). The van der Waals surface area contributed by atoms with Crippen molar-refractivity contribution >= 4 is 17.8 Å². The summed E-state index contributed by atoms with van der Waals surface area (Å²) in [6.07, 6.45) is 0.992. The number of aromatic nitrogens is 1. The van der Waals surface area contributed by atoms with Gasteiger partial charge in [-0.3, -0.25) is 19.8 Å². The van der Waals surface area contributed by atoms with Gasteiger partial charge in [0.15, 0.2) is 0 Å². The van der Waals surface area contributed by atoms with Gasteiger partial charge in [-0.1, -0.05) is 5.16 Å². The number of carbonyl (C=O) groups excluding carboxylic acids is 3. The van der Waals surface area contributed by atoms with Crippen LogP contribution in [0.1, 0.15) is 42.8 Å². The molecule has 1 aliphatic carbocycles. The molecule has 7 heteroatoms. The fourth-order valence-electron chi connectivity index (χ4n) is 2.83. The molecule has 1 aliphatic heterocycles. The minimum Gasteiger partial charge on any atom is -0.361 e. The van der Waals surface area contributed by atoms with Crippen molar-refractivity contribution in [2.75, 3.05) is 0 Å². The summed E-state index contributed by atoms with van der Waals surface area (Å²) in [7, 11) is 0. The first-order valence-electron chi connectivity index (χ1n) is 6.50. The number of nitrogens with one attached hydrogen (secondary N) is 1. The summed E-state index contributed by atoms with van der Waals surface area (Å²) in [6.45, 7) is 5.22. The predicted molar refractivity (Wildman–Crippen MR) is 66.4 cm³/mol. The van der Waals surface area contributed by atoms with Crippen LogP contribution in [0.4, 0.5) is 4.79 Å². The molecule has 7 nitrogen and oxygen atoms in total. The van der Waals surface area contributed by atoms with E-state index in [2.05, 4.69) is 10.5 Å². The van der Waals surface area contributed by atoms with Crippen molar-refractivity contribution in [2.24, 2.45) is 5.41 Å². The van der Waals surface area contributed by atoms with E-state index in [0.717, 1.165) is 4.90 Å². The number of hydrogen-bond acceptors (Lipinski definition) is 5. The van der Waals surface area contributed by atoms with Gasteiger partial charge in [0.1, 0.15) is 11.2 Å². The van der Waals surface area contributed by atoms with E-state index in [1.165, 1.54) is 0 Å². The van der Waals surface area contributed by atoms with Gasteiger partial charge in [-0.25, -0.2) is 4.79 Å². The number of urea groups is 1. The molecular weight excluding hydrogens is 262 g/mol. The number of aryl methyl sites for hydroxylation is 2. The van der Waals surface area contributed by atoms with Crippen LogP contribution >= 0.6 is 0 Å². The number of carbonyl (C=O) groups is 3. The Morgan fingerprint density at radius 2 is 1.95 bits per heavy atom. The van der Waals surface area contributed by atoms with Crippen LogP contribution in [0.5, 0.6) is 0 Å². The van der Waals surface area contributed by atoms with Crippen molar-refractivity contribution in [3.8, 4) is 0 Å². The number of hydrogen-bond donors (Lipinski definition) is 1. The summed E-state index contributed by atoms with van der Waals surface area (Å²) in [5, 5.41) is 6.11. The molecule has 2 heterocycles. The van der Waals surface area contributed by atoms with Crippen molar-refractivity contribution < 1.29 is 18.9 Å². The van der Waals surface area contributed by atoms with Gasteiger partial charge in [-0.05, 0) is 33.6 Å². The van der Waals surface area contributed by atoms with E-state index in [0.29, 0.717) is 29.9 Å². The SMILES string of the molecule is Cc1noc(C)c1C(C)N1C(=O)NC(=O)C2(CC2)C1=O. The van der Waals surface area contributed by atoms with Crippen LogP contribution in [0.3, 0.4) is 0 Å². The molecule has 1 unspecified atom stereocenters. The van der Waals surface area contributed by atoms with Gasteiger partial charge in [0.05, 0.1) is 11.7 Å². The molecule has 1 atom stereocenters. The van der Waals surface area contributed by atoms with Gasteiger partial charge in [-0.2, -0.15) is 0 Å². The van der Waals surface area contributed by atoms with E-state index in [9.17, 15) is 14.4 Å². The first kappa shape index (κ1) is 12.8. The van der Waals surface area contributed by atoms with E-state index < -0.39 is 29.3 Å². The Kier molecular flexibility index (Phi) is 2.51. The average Bonchev–Trinajstić information content (AvgIpc) is 3.10. The van der Waals surface area contributed by atoms with Gasteiger partial charge in [0.25, 0.3) is 0 Å². The highest BCUT2D eigenvalue weighted by molar-refractivity contribution is 6.21. The largest absolute Gasteiger partial charge is 0.361 e. The van der Waals surface area contributed by atoms with Crippen LogP contribution in [-0.2, 0) is 9.59 Å². The number of barbiturate groups is 1. The van der Waals surface area contributed by atoms with Crippen LogP contribution in [-0.4, -0.2) is 27.9 Å². The predicted octanol–water partition coefficient (Wildman–Crippen LogP) is 1.21. The molecule has 1 aromatic heterocycles. The molecule has 1 saturated heterocycles. The summed E-state index contributed by atoms with van der Waals surface area (Å²) in [4.78, 5) is 37.4. The Hall–Kier alpha value is -2.18. The maximum Gasteiger partial charge on any atom is 0.331 e. The van der Waals surface area contributed by atoms with Crippen LogP contribution in [0.15, 0.2) is 4.52 Å². The van der Waals surface area contributed by atoms with Gasteiger partial charge in [0, 0.05) is 5.56 Å². The zero-order chi connectivity index (χ0) is 14.7. The third-order valence-corrected chi connectivity index (χ3v) is 4.15. The molecule has 1 N–H and O–H groups in total. The molecule has 1 aromatic rings. The maximum absolute atomic E-state index is 12.5. The van der Waals surface area contributed by atoms with Gasteiger partial charge in [-0.15, -0.1) is 0 Å². The lowest BCUT2D eigenvalue weighted by atomic mass is 9.98. The lowest BCUT2D eigenvalue weighted by Gasteiger charge is -2.34. The summed E-state index contributed by atoms with van der Waals surface area (Å²) >= 11 is 0. The molecule has 0 bridgehead atoms. The molecule has 2 aliphatic rings. The number of rotatable bonds is 2. The quantitative estimate of drug-likeness (QED) is 0.820. The fraction of sp³-hybridized carbons (Fsp3) is 0.538. The molecule has 2 fully saturated rings. The Morgan fingerprint density at radius 1 is 1.30 bits per heavy atom. The topological polar surface area (TPSA) is 92.5 Å². The molecule has 3 rings (SSSR count). The molecule has 106 valence electrons. The highest BCUT2D eigenvalue weighted by atomic mass is 16.5. The van der Waals surface area contributed by atoms with E-state index in [4.69, 9.17) is 4.52 Å². The number of amides is 4. The van der Waals surface area contributed by atoms with Gasteiger partial charge < -0.3 is 4.52 Å². The monoisotopic (exact) mass is 277 g/mol. The lowest BCUT2D eigenvalue weighted by molar-refractivity contribution is -0.146. The normalized spacial score (nSPS) is 22.1. The third-order valence-electron chi connectivity index (χ3n) is 4.15. The molecule has 4 amide bonds. The summed E-state index contributed by atoms with van der Waals surface area (Å²) in [5.74, 6) is -0.328. The zero-order valence-electron chi connectivity index (χ0n) is 11.5. The highest BCUT2D eigenvalue weighted by Crippen LogP contribution is 2.50. The Labute approximate surface area is 115 Å². The zero-order valence-corrected chi connectivity index (χ0v) is 11.5. The van der Waals surface area contributed by atoms with E-state index in [1.54, 1.807) is 20.8 Å². The molecule has 0 radical (unpaired) electrons. The lowest BCUT2D eigenvalue weighted by Crippen LogP contribution is -2.59. The van der Waals surface area contributed by atoms with E-state index in [-0.39, 0.29) is 0 Å². The molecular formula is C13H15N3O4. The second-order valence-electron chi connectivity index (χ2n) is 5.43. The molecule has 1 saturated carbocycles. The smallest absolute Gasteiger partial charge is 0.331 e. The van der Waals surface area contributed by atoms with E-state index in [1.807, 2.05) is 0 Å².